The first kappa shape index (κ1) is 18.1. The third-order valence-corrected chi connectivity index (χ3v) is 6.09. The summed E-state index contributed by atoms with van der Waals surface area (Å²) < 4.78 is 35.1. The Bertz CT molecular complexity index is 792. The standard InChI is InChI=1S/C17H23N3O4S/c1-24-12-14-5-2-3-6-17(14)25(22,23)19-15-9-13(10-16(15)21)11-20-8-4-7-18-20/h2-8,13,15-16,19,21H,9-12H2,1H3/t13?,15-,16-/m1/s1. The van der Waals surface area contributed by atoms with Gasteiger partial charge in [-0.05, 0) is 36.5 Å². The van der Waals surface area contributed by atoms with Gasteiger partial charge in [0.1, 0.15) is 0 Å². The van der Waals surface area contributed by atoms with Gasteiger partial charge >= 0.3 is 0 Å². The molecule has 0 spiro atoms. The summed E-state index contributed by atoms with van der Waals surface area (Å²) in [6.45, 7) is 0.884. The molecule has 1 heterocycles. The van der Waals surface area contributed by atoms with Crippen LogP contribution < -0.4 is 4.72 Å². The van der Waals surface area contributed by atoms with E-state index in [0.29, 0.717) is 24.9 Å². The molecule has 0 amide bonds. The summed E-state index contributed by atoms with van der Waals surface area (Å²) in [6.07, 6.45) is 3.99. The van der Waals surface area contributed by atoms with Crippen molar-refractivity contribution in [3.8, 4) is 0 Å². The molecule has 1 fully saturated rings. The number of ether oxygens (including phenoxy) is 1. The van der Waals surface area contributed by atoms with Crippen LogP contribution in [0.15, 0.2) is 47.6 Å². The molecule has 7 nitrogen and oxygen atoms in total. The summed E-state index contributed by atoms with van der Waals surface area (Å²) in [5.41, 5.74) is 0.595. The van der Waals surface area contributed by atoms with E-state index < -0.39 is 22.2 Å². The predicted molar refractivity (Wildman–Crippen MR) is 92.2 cm³/mol. The lowest BCUT2D eigenvalue weighted by Crippen LogP contribution is -2.40. The van der Waals surface area contributed by atoms with Crippen molar-refractivity contribution in [1.82, 2.24) is 14.5 Å². The number of rotatable bonds is 7. The monoisotopic (exact) mass is 365 g/mol. The molecule has 1 aliphatic rings. The Balaban J connectivity index is 1.71. The molecule has 0 bridgehead atoms. The van der Waals surface area contributed by atoms with E-state index in [1.807, 2.05) is 16.9 Å². The highest BCUT2D eigenvalue weighted by atomic mass is 32.2. The maximum atomic E-state index is 12.8. The molecule has 136 valence electrons. The van der Waals surface area contributed by atoms with Crippen LogP contribution in [-0.4, -0.2) is 42.6 Å². The smallest absolute Gasteiger partial charge is 0.241 e. The van der Waals surface area contributed by atoms with Crippen molar-refractivity contribution in [3.63, 3.8) is 0 Å². The van der Waals surface area contributed by atoms with Crippen LogP contribution in [0, 0.1) is 5.92 Å². The van der Waals surface area contributed by atoms with Crippen LogP contribution in [-0.2, 0) is 27.9 Å². The zero-order valence-corrected chi connectivity index (χ0v) is 14.9. The lowest BCUT2D eigenvalue weighted by molar-refractivity contribution is 0.154. The first-order valence-corrected chi connectivity index (χ1v) is 9.72. The van der Waals surface area contributed by atoms with E-state index in [-0.39, 0.29) is 17.4 Å². The molecule has 0 saturated heterocycles. The number of aromatic nitrogens is 2. The molecular weight excluding hydrogens is 342 g/mol. The van der Waals surface area contributed by atoms with Gasteiger partial charge in [0.15, 0.2) is 0 Å². The summed E-state index contributed by atoms with van der Waals surface area (Å²) in [6, 6.07) is 8.08. The topological polar surface area (TPSA) is 93.5 Å². The molecule has 2 N–H and O–H groups in total. The van der Waals surface area contributed by atoms with Gasteiger partial charge in [-0.1, -0.05) is 18.2 Å². The first-order valence-electron chi connectivity index (χ1n) is 8.24. The van der Waals surface area contributed by atoms with E-state index in [4.69, 9.17) is 4.74 Å². The fraction of sp³-hybridized carbons (Fsp3) is 0.471. The quantitative estimate of drug-likeness (QED) is 0.768. The number of sulfonamides is 1. The van der Waals surface area contributed by atoms with Gasteiger partial charge in [-0.15, -0.1) is 0 Å². The van der Waals surface area contributed by atoms with Gasteiger partial charge in [0.05, 0.1) is 17.6 Å². The second-order valence-corrected chi connectivity index (χ2v) is 8.08. The largest absolute Gasteiger partial charge is 0.391 e. The molecule has 0 radical (unpaired) electrons. The van der Waals surface area contributed by atoms with Crippen molar-refractivity contribution < 1.29 is 18.3 Å². The van der Waals surface area contributed by atoms with Crippen molar-refractivity contribution in [1.29, 1.82) is 0 Å². The summed E-state index contributed by atoms with van der Waals surface area (Å²) in [4.78, 5) is 0.194. The average molecular weight is 365 g/mol. The fourth-order valence-corrected chi connectivity index (χ4v) is 4.88. The molecule has 3 rings (SSSR count). The van der Waals surface area contributed by atoms with Crippen LogP contribution in [0.3, 0.4) is 0 Å². The minimum atomic E-state index is -3.73. The minimum Gasteiger partial charge on any atom is -0.391 e. The lowest BCUT2D eigenvalue weighted by Gasteiger charge is -2.18. The van der Waals surface area contributed by atoms with Crippen LogP contribution in [0.4, 0.5) is 0 Å². The maximum absolute atomic E-state index is 12.8. The summed E-state index contributed by atoms with van der Waals surface area (Å²) in [5, 5.41) is 14.5. The second kappa shape index (κ2) is 7.65. The number of aliphatic hydroxyl groups is 1. The molecule has 3 atom stereocenters. The Kier molecular flexibility index (Phi) is 5.53. The number of aliphatic hydroxyl groups excluding tert-OH is 1. The van der Waals surface area contributed by atoms with Crippen LogP contribution in [0.2, 0.25) is 0 Å². The highest BCUT2D eigenvalue weighted by molar-refractivity contribution is 7.89. The Labute approximate surface area is 147 Å². The van der Waals surface area contributed by atoms with E-state index in [2.05, 4.69) is 9.82 Å². The molecular formula is C17H23N3O4S. The van der Waals surface area contributed by atoms with Gasteiger partial charge in [0, 0.05) is 32.1 Å². The van der Waals surface area contributed by atoms with E-state index in [1.165, 1.54) is 7.11 Å². The Morgan fingerprint density at radius 3 is 2.84 bits per heavy atom. The third kappa shape index (κ3) is 4.27. The van der Waals surface area contributed by atoms with Gasteiger partial charge in [-0.2, -0.15) is 5.10 Å². The molecule has 0 aliphatic heterocycles. The van der Waals surface area contributed by atoms with Crippen molar-refractivity contribution in [2.24, 2.45) is 5.92 Å². The molecule has 1 aromatic carbocycles. The van der Waals surface area contributed by atoms with Crippen molar-refractivity contribution >= 4 is 10.0 Å². The van der Waals surface area contributed by atoms with E-state index in [9.17, 15) is 13.5 Å². The molecule has 1 aliphatic carbocycles. The van der Waals surface area contributed by atoms with E-state index >= 15 is 0 Å². The SMILES string of the molecule is COCc1ccccc1S(=O)(=O)N[C@@H]1CC(Cn2cccn2)C[C@H]1O. The van der Waals surface area contributed by atoms with Gasteiger partial charge in [-0.3, -0.25) is 4.68 Å². The molecule has 1 unspecified atom stereocenters. The second-order valence-electron chi connectivity index (χ2n) is 6.40. The number of benzene rings is 1. The number of nitrogens with one attached hydrogen (secondary N) is 1. The van der Waals surface area contributed by atoms with E-state index in [1.54, 1.807) is 30.5 Å². The van der Waals surface area contributed by atoms with Crippen molar-refractivity contribution in [2.45, 2.75) is 43.0 Å². The third-order valence-electron chi connectivity index (χ3n) is 4.50. The molecule has 1 saturated carbocycles. The van der Waals surface area contributed by atoms with Gasteiger partial charge in [0.2, 0.25) is 10.0 Å². The summed E-state index contributed by atoms with van der Waals surface area (Å²) in [7, 11) is -2.20. The van der Waals surface area contributed by atoms with Gasteiger partial charge < -0.3 is 9.84 Å². The summed E-state index contributed by atoms with van der Waals surface area (Å²) in [5.74, 6) is 0.178. The number of methoxy groups -OCH3 is 1. The Hall–Kier alpha value is -1.74. The molecule has 1 aromatic heterocycles. The minimum absolute atomic E-state index is 0.178. The van der Waals surface area contributed by atoms with Crippen molar-refractivity contribution in [3.05, 3.63) is 48.3 Å². The fourth-order valence-electron chi connectivity index (χ4n) is 3.37. The lowest BCUT2D eigenvalue weighted by atomic mass is 10.1. The Morgan fingerprint density at radius 2 is 2.12 bits per heavy atom. The molecule has 8 heteroatoms. The number of hydrogen-bond acceptors (Lipinski definition) is 5. The predicted octanol–water partition coefficient (Wildman–Crippen LogP) is 1.15. The van der Waals surface area contributed by atoms with Crippen LogP contribution in [0.1, 0.15) is 18.4 Å². The first-order chi connectivity index (χ1) is 12.0. The van der Waals surface area contributed by atoms with Gasteiger partial charge in [0.25, 0.3) is 0 Å². The average Bonchev–Trinajstić information content (AvgIpc) is 3.18. The number of nitrogens with zero attached hydrogens (tertiary/aromatic N) is 2. The molecule has 25 heavy (non-hydrogen) atoms. The van der Waals surface area contributed by atoms with E-state index in [0.717, 1.165) is 0 Å². The normalized spacial score (nSPS) is 23.8. The van der Waals surface area contributed by atoms with Crippen molar-refractivity contribution in [2.75, 3.05) is 7.11 Å². The highest BCUT2D eigenvalue weighted by Crippen LogP contribution is 2.29. The zero-order valence-electron chi connectivity index (χ0n) is 14.1. The van der Waals surface area contributed by atoms with Crippen LogP contribution >= 0.6 is 0 Å². The molecule has 2 aromatic rings. The number of hydrogen-bond donors (Lipinski definition) is 2. The Morgan fingerprint density at radius 1 is 1.32 bits per heavy atom. The maximum Gasteiger partial charge on any atom is 0.241 e. The summed E-state index contributed by atoms with van der Waals surface area (Å²) >= 11 is 0. The van der Waals surface area contributed by atoms with Crippen LogP contribution in [0.5, 0.6) is 0 Å². The van der Waals surface area contributed by atoms with Gasteiger partial charge in [-0.25, -0.2) is 13.1 Å². The van der Waals surface area contributed by atoms with Crippen LogP contribution in [0.25, 0.3) is 0 Å². The highest BCUT2D eigenvalue weighted by Gasteiger charge is 2.36. The zero-order chi connectivity index (χ0) is 17.9.